The summed E-state index contributed by atoms with van der Waals surface area (Å²) < 4.78 is 24.2. The number of hydrogen-bond donors (Lipinski definition) is 4. The Morgan fingerprint density at radius 3 is 2.31 bits per heavy atom. The van der Waals surface area contributed by atoms with Crippen molar-refractivity contribution in [1.29, 1.82) is 0 Å². The third-order valence-electron chi connectivity index (χ3n) is 11.7. The summed E-state index contributed by atoms with van der Waals surface area (Å²) in [7, 11) is 2.05. The summed E-state index contributed by atoms with van der Waals surface area (Å²) in [5, 5.41) is 19.9. The molecule has 0 bridgehead atoms. The van der Waals surface area contributed by atoms with Gasteiger partial charge in [0.2, 0.25) is 17.7 Å². The number of likely N-dealkylation sites (N-methyl/N-ethyl adjacent to an activating group) is 1. The van der Waals surface area contributed by atoms with Gasteiger partial charge in [0.1, 0.15) is 12.6 Å². The van der Waals surface area contributed by atoms with E-state index in [2.05, 4.69) is 69.2 Å². The number of amides is 6. The van der Waals surface area contributed by atoms with E-state index in [1.165, 1.54) is 18.2 Å². The highest BCUT2D eigenvalue weighted by atomic mass is 16.6. The summed E-state index contributed by atoms with van der Waals surface area (Å²) in [6.45, 7) is 8.25. The van der Waals surface area contributed by atoms with Gasteiger partial charge >= 0.3 is 0 Å². The minimum absolute atomic E-state index is 0.0235. The standard InChI is InChI=1S/C46H57N9O10/c1-46(2)15-13-34-36(26-46)51-52-41(34)43(59)49-32-27-47-54(28-32)37(30-7-5-4-6-8-30)14-16-53(3)17-18-62-19-20-63-21-22-64-23-24-65-29-40(57)48-31-9-10-33-35(25-31)45(61)55(44(33)60)38-11-12-39(56)50-42(38)58/h4-10,25,27-28,37-38H,11-24,26,29H2,1-3H3,(H,48,57)(H,49,59)(H,51,52)(H,50,56,58)/t37-,38?/m0/s1. The van der Waals surface area contributed by atoms with Crippen molar-refractivity contribution in [2.24, 2.45) is 5.41 Å². The predicted molar refractivity (Wildman–Crippen MR) is 236 cm³/mol. The zero-order valence-corrected chi connectivity index (χ0v) is 37.1. The van der Waals surface area contributed by atoms with Crippen LogP contribution in [0.2, 0.25) is 0 Å². The number of H-pyrrole nitrogens is 1. The molecule has 65 heavy (non-hydrogen) atoms. The number of anilines is 2. The third-order valence-corrected chi connectivity index (χ3v) is 11.7. The summed E-state index contributed by atoms with van der Waals surface area (Å²) >= 11 is 0. The van der Waals surface area contributed by atoms with Crippen LogP contribution >= 0.6 is 0 Å². The highest BCUT2D eigenvalue weighted by Crippen LogP contribution is 2.35. The van der Waals surface area contributed by atoms with Gasteiger partial charge in [-0.2, -0.15) is 10.2 Å². The molecule has 1 unspecified atom stereocenters. The number of hydrogen-bond acceptors (Lipinski definition) is 13. The maximum absolute atomic E-state index is 13.3. The summed E-state index contributed by atoms with van der Waals surface area (Å²) in [5.41, 5.74) is 4.90. The molecule has 0 radical (unpaired) electrons. The Labute approximate surface area is 376 Å². The molecule has 2 aromatic carbocycles. The van der Waals surface area contributed by atoms with Crippen molar-refractivity contribution in [3.63, 3.8) is 0 Å². The van der Waals surface area contributed by atoms with Crippen LogP contribution in [0.25, 0.3) is 0 Å². The van der Waals surface area contributed by atoms with Crippen molar-refractivity contribution >= 4 is 46.8 Å². The van der Waals surface area contributed by atoms with Gasteiger partial charge < -0.3 is 34.5 Å². The number of nitrogens with zero attached hydrogens (tertiary/aromatic N) is 5. The van der Waals surface area contributed by atoms with E-state index in [1.807, 2.05) is 29.1 Å². The van der Waals surface area contributed by atoms with Crippen LogP contribution in [0.15, 0.2) is 60.9 Å². The van der Waals surface area contributed by atoms with E-state index in [0.717, 1.165) is 60.5 Å². The highest BCUT2D eigenvalue weighted by molar-refractivity contribution is 6.24. The number of imide groups is 2. The number of aromatic amines is 1. The van der Waals surface area contributed by atoms with E-state index in [-0.39, 0.29) is 61.2 Å². The molecule has 4 heterocycles. The second-order valence-electron chi connectivity index (χ2n) is 17.2. The molecule has 6 amide bonds. The van der Waals surface area contributed by atoms with Crippen molar-refractivity contribution in [2.45, 2.75) is 64.5 Å². The monoisotopic (exact) mass is 895 g/mol. The molecule has 19 heteroatoms. The van der Waals surface area contributed by atoms with Crippen LogP contribution in [0.1, 0.15) is 93.6 Å². The largest absolute Gasteiger partial charge is 0.378 e. The van der Waals surface area contributed by atoms with Crippen LogP contribution in [0.4, 0.5) is 11.4 Å². The molecular weight excluding hydrogens is 839 g/mol. The molecule has 2 atom stereocenters. The number of ether oxygens (including phenoxy) is 4. The van der Waals surface area contributed by atoms with Crippen molar-refractivity contribution in [3.05, 3.63) is 94.6 Å². The van der Waals surface area contributed by atoms with Gasteiger partial charge in [0, 0.05) is 42.7 Å². The first-order valence-corrected chi connectivity index (χ1v) is 22.0. The van der Waals surface area contributed by atoms with Crippen LogP contribution in [0.3, 0.4) is 0 Å². The van der Waals surface area contributed by atoms with Gasteiger partial charge in [-0.1, -0.05) is 44.2 Å². The normalized spacial score (nSPS) is 17.2. The molecule has 2 aliphatic heterocycles. The second-order valence-corrected chi connectivity index (χ2v) is 17.2. The van der Waals surface area contributed by atoms with E-state index in [4.69, 9.17) is 18.9 Å². The van der Waals surface area contributed by atoms with E-state index in [1.54, 1.807) is 6.20 Å². The molecule has 1 fully saturated rings. The highest BCUT2D eigenvalue weighted by Gasteiger charge is 2.44. The van der Waals surface area contributed by atoms with Crippen LogP contribution < -0.4 is 16.0 Å². The minimum Gasteiger partial charge on any atom is -0.378 e. The molecule has 2 aromatic heterocycles. The molecule has 1 aliphatic carbocycles. The van der Waals surface area contributed by atoms with E-state index < -0.39 is 35.6 Å². The zero-order valence-electron chi connectivity index (χ0n) is 37.1. The Morgan fingerprint density at radius 1 is 0.862 bits per heavy atom. The third kappa shape index (κ3) is 12.2. The van der Waals surface area contributed by atoms with Gasteiger partial charge in [-0.3, -0.25) is 48.8 Å². The maximum atomic E-state index is 13.3. The first-order valence-electron chi connectivity index (χ1n) is 22.0. The first kappa shape index (κ1) is 46.9. The lowest BCUT2D eigenvalue weighted by atomic mass is 9.76. The quantitative estimate of drug-likeness (QED) is 0.0620. The molecule has 1 saturated heterocycles. The van der Waals surface area contributed by atoms with E-state index in [0.29, 0.717) is 50.1 Å². The average molecular weight is 896 g/mol. The predicted octanol–water partition coefficient (Wildman–Crippen LogP) is 3.39. The zero-order chi connectivity index (χ0) is 45.9. The SMILES string of the molecule is CN(CCOCCOCCOCCOCC(=O)Nc1ccc2c(c1)C(=O)N(C1CCC(=O)NC1=O)C2=O)CC[C@@H](c1ccccc1)n1cc(NC(=O)c2n[nH]c3c2CCC(C)(C)C3)cn1. The van der Waals surface area contributed by atoms with Gasteiger partial charge in [0.05, 0.1) is 75.3 Å². The lowest BCUT2D eigenvalue weighted by Crippen LogP contribution is -2.54. The van der Waals surface area contributed by atoms with E-state index >= 15 is 0 Å². The Bertz CT molecular complexity index is 2350. The molecule has 0 saturated carbocycles. The van der Waals surface area contributed by atoms with Crippen molar-refractivity contribution < 1.29 is 47.7 Å². The molecule has 3 aliphatic rings. The summed E-state index contributed by atoms with van der Waals surface area (Å²) in [6, 6.07) is 13.4. The van der Waals surface area contributed by atoms with Crippen LogP contribution in [0.5, 0.6) is 0 Å². The number of nitrogens with one attached hydrogen (secondary N) is 4. The Balaban J connectivity index is 0.723. The minimum atomic E-state index is -1.07. The van der Waals surface area contributed by atoms with Crippen molar-refractivity contribution in [3.8, 4) is 0 Å². The second kappa shape index (κ2) is 21.7. The van der Waals surface area contributed by atoms with E-state index in [9.17, 15) is 28.8 Å². The van der Waals surface area contributed by atoms with Crippen molar-refractivity contribution in [1.82, 2.24) is 35.1 Å². The first-order chi connectivity index (χ1) is 31.4. The number of benzene rings is 2. The van der Waals surface area contributed by atoms with Gasteiger partial charge in [0.15, 0.2) is 5.69 Å². The van der Waals surface area contributed by atoms with Crippen LogP contribution in [-0.4, -0.2) is 144 Å². The topological polar surface area (TPSA) is 228 Å². The number of rotatable bonds is 23. The molecule has 4 aromatic rings. The Hall–Kier alpha value is -6.12. The fraction of sp³-hybridized carbons (Fsp3) is 0.478. The summed E-state index contributed by atoms with van der Waals surface area (Å²) in [6.07, 6.45) is 7.13. The number of aromatic nitrogens is 4. The lowest BCUT2D eigenvalue weighted by molar-refractivity contribution is -0.136. The number of carbonyl (C=O) groups excluding carboxylic acids is 6. The summed E-state index contributed by atoms with van der Waals surface area (Å²) in [4.78, 5) is 78.5. The smallest absolute Gasteiger partial charge is 0.276 e. The lowest BCUT2D eigenvalue weighted by Gasteiger charge is -2.28. The van der Waals surface area contributed by atoms with Gasteiger partial charge in [0.25, 0.3) is 17.7 Å². The summed E-state index contributed by atoms with van der Waals surface area (Å²) in [5.74, 6) is -3.13. The van der Waals surface area contributed by atoms with Crippen molar-refractivity contribution in [2.75, 3.05) is 83.6 Å². The van der Waals surface area contributed by atoms with Crippen LogP contribution in [-0.2, 0) is 46.2 Å². The number of piperidine rings is 1. The molecule has 0 spiro atoms. The number of carbonyl (C=O) groups is 6. The Kier molecular flexibility index (Phi) is 15.6. The van der Waals surface area contributed by atoms with Crippen LogP contribution in [0, 0.1) is 5.41 Å². The molecule has 346 valence electrons. The molecule has 19 nitrogen and oxygen atoms in total. The fourth-order valence-corrected chi connectivity index (χ4v) is 8.17. The molecule has 4 N–H and O–H groups in total. The fourth-order valence-electron chi connectivity index (χ4n) is 8.17. The van der Waals surface area contributed by atoms with Gasteiger partial charge in [-0.05, 0) is 68.3 Å². The van der Waals surface area contributed by atoms with Gasteiger partial charge in [-0.25, -0.2) is 0 Å². The molecule has 7 rings (SSSR count). The molecular formula is C46H57N9O10. The number of fused-ring (bicyclic) bond motifs is 2. The Morgan fingerprint density at radius 2 is 1.57 bits per heavy atom. The average Bonchev–Trinajstić information content (AvgIpc) is 3.98. The maximum Gasteiger partial charge on any atom is 0.276 e. The van der Waals surface area contributed by atoms with Gasteiger partial charge in [-0.15, -0.1) is 0 Å².